The minimum absolute atomic E-state index is 0.164. The summed E-state index contributed by atoms with van der Waals surface area (Å²) in [6, 6.07) is 13.1. The zero-order valence-electron chi connectivity index (χ0n) is 12.7. The first-order valence-electron chi connectivity index (χ1n) is 6.79. The molecule has 0 saturated carbocycles. The highest BCUT2D eigenvalue weighted by atomic mass is 32.2. The van der Waals surface area contributed by atoms with Crippen molar-refractivity contribution in [3.05, 3.63) is 66.2 Å². The molecule has 2 aromatic rings. The number of hydrogen-bond donors (Lipinski definition) is 0. The zero-order valence-corrected chi connectivity index (χ0v) is 13.5. The van der Waals surface area contributed by atoms with E-state index in [1.54, 1.807) is 30.3 Å². The maximum atomic E-state index is 14.3. The lowest BCUT2D eigenvalue weighted by Gasteiger charge is -2.15. The van der Waals surface area contributed by atoms with Crippen molar-refractivity contribution >= 4 is 15.4 Å². The molecule has 0 aliphatic carbocycles. The van der Waals surface area contributed by atoms with Gasteiger partial charge in [-0.15, -0.1) is 0 Å². The number of benzene rings is 2. The Kier molecular flexibility index (Phi) is 4.85. The van der Waals surface area contributed by atoms with Crippen LogP contribution >= 0.6 is 0 Å². The third-order valence-electron chi connectivity index (χ3n) is 3.34. The maximum Gasteiger partial charge on any atom is 0.369 e. The van der Waals surface area contributed by atoms with Crippen molar-refractivity contribution in [1.29, 1.82) is 0 Å². The predicted molar refractivity (Wildman–Crippen MR) is 85.2 cm³/mol. The van der Waals surface area contributed by atoms with Crippen LogP contribution in [0.2, 0.25) is 0 Å². The molecule has 0 aliphatic heterocycles. The molecule has 0 aliphatic rings. The second-order valence-electron chi connectivity index (χ2n) is 4.93. The van der Waals surface area contributed by atoms with E-state index >= 15 is 0 Å². The molecular weight excluding hydrogens is 322 g/mol. The van der Waals surface area contributed by atoms with Gasteiger partial charge in [0.1, 0.15) is 5.75 Å². The monoisotopic (exact) mass is 338 g/mol. The number of allylic oxidation sites excluding steroid dienone is 1. The lowest BCUT2D eigenvalue weighted by molar-refractivity contribution is 0.147. The lowest BCUT2D eigenvalue weighted by atomic mass is 10.1. The Hall–Kier alpha value is -2.21. The van der Waals surface area contributed by atoms with Crippen LogP contribution in [0.1, 0.15) is 12.5 Å². The van der Waals surface area contributed by atoms with E-state index in [1.165, 1.54) is 26.2 Å². The van der Waals surface area contributed by atoms with Gasteiger partial charge in [-0.1, -0.05) is 30.3 Å². The van der Waals surface area contributed by atoms with Crippen LogP contribution in [0.5, 0.6) is 5.75 Å². The van der Waals surface area contributed by atoms with Crippen LogP contribution in [0.4, 0.5) is 8.78 Å². The highest BCUT2D eigenvalue weighted by Gasteiger charge is 2.43. The van der Waals surface area contributed by atoms with E-state index in [4.69, 9.17) is 4.74 Å². The van der Waals surface area contributed by atoms with Crippen molar-refractivity contribution < 1.29 is 21.9 Å². The van der Waals surface area contributed by atoms with Crippen LogP contribution in [0.15, 0.2) is 65.6 Å². The van der Waals surface area contributed by atoms with Crippen molar-refractivity contribution in [2.24, 2.45) is 0 Å². The molecule has 0 amide bonds. The Bertz CT molecular complexity index is 795. The van der Waals surface area contributed by atoms with Crippen LogP contribution in [0.3, 0.4) is 0 Å². The standard InChI is InChI=1S/C17H16F2O3S/c1-13(14-8-10-15(22-2)11-9-14)12-17(18,19)23(20,21)16-6-4-3-5-7-16/h3-12H,1-2H3/b13-12+. The Morgan fingerprint density at radius 3 is 2.13 bits per heavy atom. The van der Waals surface area contributed by atoms with Gasteiger partial charge >= 0.3 is 5.25 Å². The molecule has 0 fully saturated rings. The molecule has 0 atom stereocenters. The summed E-state index contributed by atoms with van der Waals surface area (Å²) in [5.74, 6) is 0.588. The number of ether oxygens (including phenoxy) is 1. The molecule has 23 heavy (non-hydrogen) atoms. The molecule has 0 radical (unpaired) electrons. The molecule has 2 aromatic carbocycles. The zero-order chi connectivity index (χ0) is 17.1. The van der Waals surface area contributed by atoms with Crippen LogP contribution in [0.25, 0.3) is 5.57 Å². The summed E-state index contributed by atoms with van der Waals surface area (Å²) in [6.45, 7) is 1.44. The summed E-state index contributed by atoms with van der Waals surface area (Å²) in [5.41, 5.74) is 0.658. The van der Waals surface area contributed by atoms with Crippen molar-refractivity contribution in [1.82, 2.24) is 0 Å². The molecule has 2 rings (SSSR count). The average molecular weight is 338 g/mol. The molecule has 0 heterocycles. The SMILES string of the molecule is COc1ccc(/C(C)=C/C(F)(F)S(=O)(=O)c2ccccc2)cc1. The molecular formula is C17H16F2O3S. The van der Waals surface area contributed by atoms with E-state index in [2.05, 4.69) is 0 Å². The van der Waals surface area contributed by atoms with Gasteiger partial charge in [0.2, 0.25) is 9.84 Å². The highest BCUT2D eigenvalue weighted by molar-refractivity contribution is 7.92. The first-order valence-corrected chi connectivity index (χ1v) is 8.27. The second kappa shape index (κ2) is 6.50. The molecule has 0 spiro atoms. The Morgan fingerprint density at radius 1 is 1.04 bits per heavy atom. The Labute approximate surface area is 134 Å². The van der Waals surface area contributed by atoms with Gasteiger partial charge in [-0.25, -0.2) is 8.42 Å². The summed E-state index contributed by atoms with van der Waals surface area (Å²) in [7, 11) is -3.29. The quantitative estimate of drug-likeness (QED) is 0.822. The first kappa shape index (κ1) is 17.1. The van der Waals surface area contributed by atoms with E-state index in [9.17, 15) is 17.2 Å². The fourth-order valence-corrected chi connectivity index (χ4v) is 3.19. The minimum Gasteiger partial charge on any atom is -0.497 e. The third kappa shape index (κ3) is 3.59. The lowest BCUT2D eigenvalue weighted by Crippen LogP contribution is -2.26. The summed E-state index contributed by atoms with van der Waals surface area (Å²) in [6.07, 6.45) is 0.469. The van der Waals surface area contributed by atoms with Gasteiger partial charge in [-0.05, 0) is 42.3 Å². The molecule has 0 N–H and O–H groups in total. The molecule has 3 nitrogen and oxygen atoms in total. The molecule has 0 aromatic heterocycles. The fourth-order valence-electron chi connectivity index (χ4n) is 2.02. The number of sulfone groups is 1. The first-order chi connectivity index (χ1) is 10.8. The van der Waals surface area contributed by atoms with Gasteiger partial charge in [0.15, 0.2) is 0 Å². The molecule has 122 valence electrons. The minimum atomic E-state index is -4.79. The summed E-state index contributed by atoms with van der Waals surface area (Å²) < 4.78 is 57.8. The predicted octanol–water partition coefficient (Wildman–Crippen LogP) is 4.17. The highest BCUT2D eigenvalue weighted by Crippen LogP contribution is 2.33. The smallest absolute Gasteiger partial charge is 0.369 e. The molecule has 6 heteroatoms. The van der Waals surface area contributed by atoms with E-state index in [1.807, 2.05) is 0 Å². The van der Waals surface area contributed by atoms with Crippen LogP contribution < -0.4 is 4.74 Å². The Morgan fingerprint density at radius 2 is 1.61 bits per heavy atom. The van der Waals surface area contributed by atoms with E-state index in [0.29, 0.717) is 17.4 Å². The third-order valence-corrected chi connectivity index (χ3v) is 5.07. The van der Waals surface area contributed by atoms with Gasteiger partial charge in [0, 0.05) is 6.08 Å². The van der Waals surface area contributed by atoms with Crippen molar-refractivity contribution in [3.8, 4) is 5.75 Å². The average Bonchev–Trinajstić information content (AvgIpc) is 2.55. The van der Waals surface area contributed by atoms with Gasteiger partial charge in [0.25, 0.3) is 0 Å². The van der Waals surface area contributed by atoms with Crippen LogP contribution in [-0.2, 0) is 9.84 Å². The molecule has 0 unspecified atom stereocenters. The van der Waals surface area contributed by atoms with Crippen molar-refractivity contribution in [2.75, 3.05) is 7.11 Å². The number of methoxy groups -OCH3 is 1. The van der Waals surface area contributed by atoms with Crippen molar-refractivity contribution in [3.63, 3.8) is 0 Å². The Balaban J connectivity index is 2.38. The largest absolute Gasteiger partial charge is 0.497 e. The van der Waals surface area contributed by atoms with Crippen molar-refractivity contribution in [2.45, 2.75) is 17.1 Å². The number of hydrogen-bond acceptors (Lipinski definition) is 3. The topological polar surface area (TPSA) is 43.4 Å². The summed E-state index contributed by atoms with van der Waals surface area (Å²) >= 11 is 0. The van der Waals surface area contributed by atoms with Crippen LogP contribution in [0, 0.1) is 0 Å². The van der Waals surface area contributed by atoms with Gasteiger partial charge in [0.05, 0.1) is 12.0 Å². The van der Waals surface area contributed by atoms with E-state index < -0.39 is 20.0 Å². The van der Waals surface area contributed by atoms with E-state index in [-0.39, 0.29) is 5.57 Å². The molecule has 0 saturated heterocycles. The maximum absolute atomic E-state index is 14.3. The van der Waals surface area contributed by atoms with Gasteiger partial charge in [-0.2, -0.15) is 8.78 Å². The van der Waals surface area contributed by atoms with Crippen LogP contribution in [-0.4, -0.2) is 20.8 Å². The summed E-state index contributed by atoms with van der Waals surface area (Å²) in [4.78, 5) is -0.413. The van der Waals surface area contributed by atoms with E-state index in [0.717, 1.165) is 12.1 Å². The normalized spacial score (nSPS) is 13.0. The fraction of sp³-hybridized carbons (Fsp3) is 0.176. The second-order valence-corrected chi connectivity index (χ2v) is 6.96. The summed E-state index contributed by atoms with van der Waals surface area (Å²) in [5, 5.41) is -4.00. The number of alkyl halides is 2. The van der Waals surface area contributed by atoms with Gasteiger partial charge < -0.3 is 4.74 Å². The van der Waals surface area contributed by atoms with Gasteiger partial charge in [-0.3, -0.25) is 0 Å². The number of halogens is 2. The molecule has 0 bridgehead atoms. The number of rotatable bonds is 5.